The zero-order chi connectivity index (χ0) is 29.6. The summed E-state index contributed by atoms with van der Waals surface area (Å²) in [4.78, 5) is 43.5. The molecule has 1 fully saturated rings. The molecule has 0 aliphatic carbocycles. The number of Topliss-reactive ketones (excluding diaryl/α,β-unsaturated/α-hetero) is 1. The smallest absolute Gasteiger partial charge is 0.253 e. The molecule has 0 radical (unpaired) electrons. The molecular formula is C35H38N6O2. The molecule has 1 amide bonds. The van der Waals surface area contributed by atoms with Crippen molar-refractivity contribution in [3.8, 4) is 0 Å². The van der Waals surface area contributed by atoms with Crippen molar-refractivity contribution in [1.29, 1.82) is 0 Å². The third kappa shape index (κ3) is 6.60. The monoisotopic (exact) mass is 574 g/mol. The zero-order valence-corrected chi connectivity index (χ0v) is 24.6. The number of rotatable bonds is 11. The van der Waals surface area contributed by atoms with Gasteiger partial charge in [-0.3, -0.25) is 9.59 Å². The fraction of sp³-hybridized carbons (Fsp3) is 0.314. The Morgan fingerprint density at radius 3 is 2.37 bits per heavy atom. The predicted molar refractivity (Wildman–Crippen MR) is 168 cm³/mol. The van der Waals surface area contributed by atoms with Crippen LogP contribution in [0.25, 0.3) is 11.0 Å². The van der Waals surface area contributed by atoms with Crippen molar-refractivity contribution in [3.63, 3.8) is 0 Å². The van der Waals surface area contributed by atoms with Crippen molar-refractivity contribution in [2.24, 2.45) is 5.92 Å². The minimum absolute atomic E-state index is 0.0407. The molecule has 1 aliphatic heterocycles. The number of benzene rings is 3. The van der Waals surface area contributed by atoms with E-state index in [0.29, 0.717) is 24.5 Å². The van der Waals surface area contributed by atoms with E-state index in [-0.39, 0.29) is 23.5 Å². The molecule has 1 unspecified atom stereocenters. The van der Waals surface area contributed by atoms with Gasteiger partial charge in [0.15, 0.2) is 5.82 Å². The molecule has 220 valence electrons. The number of para-hydroxylation sites is 2. The molecule has 3 aromatic carbocycles. The second-order valence-corrected chi connectivity index (χ2v) is 11.5. The first-order valence-electron chi connectivity index (χ1n) is 15.1. The summed E-state index contributed by atoms with van der Waals surface area (Å²) in [7, 11) is 1.89. The summed E-state index contributed by atoms with van der Waals surface area (Å²) in [6, 6.07) is 27.9. The topological polar surface area (TPSA) is 87.1 Å². The largest absolute Gasteiger partial charge is 0.347 e. The first kappa shape index (κ1) is 28.6. The van der Waals surface area contributed by atoms with Gasteiger partial charge in [-0.15, -0.1) is 0 Å². The normalized spacial score (nSPS) is 15.0. The molecule has 5 aromatic rings. The molecular weight excluding hydrogens is 536 g/mol. The number of aromatic nitrogens is 4. The molecule has 1 aliphatic rings. The first-order valence-corrected chi connectivity index (χ1v) is 15.1. The number of imidazole rings is 2. The highest BCUT2D eigenvalue weighted by atomic mass is 16.2. The number of piperidine rings is 1. The summed E-state index contributed by atoms with van der Waals surface area (Å²) < 4.78 is 2.00. The first-order chi connectivity index (χ1) is 21.1. The number of hydrogen-bond acceptors (Lipinski definition) is 5. The van der Waals surface area contributed by atoms with Crippen molar-refractivity contribution < 1.29 is 9.59 Å². The standard InChI is InChI=1S/C35H38N6O2/c1-39(35(43)28-12-6-3-7-13-28)24-29(26-10-4-2-5-11-26)18-23-40-21-16-27(17-22-40)33(42)34-38-30-14-8-9-15-31(30)41(34)25-32-36-19-20-37-32/h2-15,19-20,27,29H,16-18,21-25H2,1H3,(H,36,37). The Labute approximate surface area is 252 Å². The van der Waals surface area contributed by atoms with Crippen LogP contribution in [0.15, 0.2) is 97.3 Å². The molecule has 0 saturated carbocycles. The van der Waals surface area contributed by atoms with E-state index in [1.54, 1.807) is 12.4 Å². The number of amides is 1. The summed E-state index contributed by atoms with van der Waals surface area (Å²) in [5.41, 5.74) is 3.73. The van der Waals surface area contributed by atoms with Crippen LogP contribution in [0.4, 0.5) is 0 Å². The van der Waals surface area contributed by atoms with Crippen LogP contribution in [0.3, 0.4) is 0 Å². The summed E-state index contributed by atoms with van der Waals surface area (Å²) >= 11 is 0. The Balaban J connectivity index is 1.09. The lowest BCUT2D eigenvalue weighted by Gasteiger charge is -2.33. The van der Waals surface area contributed by atoms with Crippen LogP contribution < -0.4 is 0 Å². The highest BCUT2D eigenvalue weighted by Gasteiger charge is 2.30. The van der Waals surface area contributed by atoms with Crippen LogP contribution in [0.5, 0.6) is 0 Å². The van der Waals surface area contributed by atoms with Crippen molar-refractivity contribution in [2.75, 3.05) is 33.2 Å². The average Bonchev–Trinajstić information content (AvgIpc) is 3.72. The van der Waals surface area contributed by atoms with Crippen LogP contribution in [0, 0.1) is 5.92 Å². The zero-order valence-electron chi connectivity index (χ0n) is 24.6. The molecule has 6 rings (SSSR count). The average molecular weight is 575 g/mol. The number of H-pyrrole nitrogens is 1. The Morgan fingerprint density at radius 1 is 0.953 bits per heavy atom. The number of carbonyl (C=O) groups is 2. The number of carbonyl (C=O) groups excluding carboxylic acids is 2. The molecule has 1 N–H and O–H groups in total. The quantitative estimate of drug-likeness (QED) is 0.206. The lowest BCUT2D eigenvalue weighted by Crippen LogP contribution is -2.38. The fourth-order valence-corrected chi connectivity index (χ4v) is 6.20. The van der Waals surface area contributed by atoms with Crippen molar-refractivity contribution >= 4 is 22.7 Å². The molecule has 8 nitrogen and oxygen atoms in total. The van der Waals surface area contributed by atoms with E-state index in [1.807, 2.05) is 77.2 Å². The maximum absolute atomic E-state index is 13.8. The van der Waals surface area contributed by atoms with E-state index in [0.717, 1.165) is 55.8 Å². The highest BCUT2D eigenvalue weighted by Crippen LogP contribution is 2.27. The minimum atomic E-state index is -0.0528. The van der Waals surface area contributed by atoms with Gasteiger partial charge in [-0.25, -0.2) is 9.97 Å². The second-order valence-electron chi connectivity index (χ2n) is 11.5. The number of hydrogen-bond donors (Lipinski definition) is 1. The Hall–Kier alpha value is -4.56. The van der Waals surface area contributed by atoms with Crippen molar-refractivity contribution in [2.45, 2.75) is 31.7 Å². The molecule has 2 aromatic heterocycles. The molecule has 0 bridgehead atoms. The SMILES string of the molecule is CN(CC(CCN1CCC(C(=O)c2nc3ccccc3n2Cc2ncc[nH]2)CC1)c1ccccc1)C(=O)c1ccccc1. The van der Waals surface area contributed by atoms with Gasteiger partial charge >= 0.3 is 0 Å². The van der Waals surface area contributed by atoms with Crippen molar-refractivity contribution in [1.82, 2.24) is 29.3 Å². The summed E-state index contributed by atoms with van der Waals surface area (Å²) in [5.74, 6) is 1.65. The second kappa shape index (κ2) is 13.2. The highest BCUT2D eigenvalue weighted by molar-refractivity contribution is 5.98. The summed E-state index contributed by atoms with van der Waals surface area (Å²) in [5, 5.41) is 0. The predicted octanol–water partition coefficient (Wildman–Crippen LogP) is 5.65. The van der Waals surface area contributed by atoms with Gasteiger partial charge in [0.1, 0.15) is 5.82 Å². The van der Waals surface area contributed by atoms with Gasteiger partial charge < -0.3 is 19.4 Å². The summed E-state index contributed by atoms with van der Waals surface area (Å²) in [6.45, 7) is 3.79. The van der Waals surface area contributed by atoms with Gasteiger partial charge in [-0.2, -0.15) is 0 Å². The fourth-order valence-electron chi connectivity index (χ4n) is 6.20. The van der Waals surface area contributed by atoms with Crippen LogP contribution in [0.1, 0.15) is 57.5 Å². The molecule has 1 saturated heterocycles. The number of nitrogens with zero attached hydrogens (tertiary/aromatic N) is 5. The van der Waals surface area contributed by atoms with Crippen molar-refractivity contribution in [3.05, 3.63) is 120 Å². The van der Waals surface area contributed by atoms with E-state index in [1.165, 1.54) is 5.56 Å². The molecule has 8 heteroatoms. The van der Waals surface area contributed by atoms with Gasteiger partial charge in [0, 0.05) is 43.4 Å². The van der Waals surface area contributed by atoms with Crippen LogP contribution in [0.2, 0.25) is 0 Å². The Bertz CT molecular complexity index is 1640. The van der Waals surface area contributed by atoms with E-state index < -0.39 is 0 Å². The lowest BCUT2D eigenvalue weighted by molar-refractivity contribution is 0.0779. The van der Waals surface area contributed by atoms with E-state index in [2.05, 4.69) is 39.1 Å². The minimum Gasteiger partial charge on any atom is -0.347 e. The van der Waals surface area contributed by atoms with Gasteiger partial charge in [-0.1, -0.05) is 60.7 Å². The van der Waals surface area contributed by atoms with Gasteiger partial charge in [-0.05, 0) is 68.7 Å². The lowest BCUT2D eigenvalue weighted by atomic mass is 9.90. The number of likely N-dealkylation sites (tertiary alicyclic amines) is 1. The number of nitrogens with one attached hydrogen (secondary N) is 1. The third-order valence-corrected chi connectivity index (χ3v) is 8.62. The number of likely N-dealkylation sites (N-methyl/N-ethyl adjacent to an activating group) is 1. The van der Waals surface area contributed by atoms with Crippen LogP contribution in [-0.4, -0.2) is 74.2 Å². The van der Waals surface area contributed by atoms with Crippen LogP contribution >= 0.6 is 0 Å². The van der Waals surface area contributed by atoms with E-state index in [9.17, 15) is 9.59 Å². The maximum Gasteiger partial charge on any atom is 0.253 e. The molecule has 1 atom stereocenters. The molecule has 3 heterocycles. The molecule has 43 heavy (non-hydrogen) atoms. The van der Waals surface area contributed by atoms with E-state index >= 15 is 0 Å². The number of aromatic amines is 1. The van der Waals surface area contributed by atoms with Gasteiger partial charge in [0.05, 0.1) is 17.6 Å². The number of ketones is 1. The Kier molecular flexibility index (Phi) is 8.75. The Morgan fingerprint density at radius 2 is 1.65 bits per heavy atom. The van der Waals surface area contributed by atoms with Crippen LogP contribution in [-0.2, 0) is 6.54 Å². The summed E-state index contributed by atoms with van der Waals surface area (Å²) in [6.07, 6.45) is 6.09. The number of fused-ring (bicyclic) bond motifs is 1. The van der Waals surface area contributed by atoms with E-state index in [4.69, 9.17) is 4.98 Å². The third-order valence-electron chi connectivity index (χ3n) is 8.62. The maximum atomic E-state index is 13.8. The molecule has 0 spiro atoms. The van der Waals surface area contributed by atoms with Gasteiger partial charge in [0.2, 0.25) is 5.78 Å². The van der Waals surface area contributed by atoms with Gasteiger partial charge in [0.25, 0.3) is 5.91 Å².